The second-order valence-corrected chi connectivity index (χ2v) is 11.2. The summed E-state index contributed by atoms with van der Waals surface area (Å²) in [4.78, 5) is 32.3. The molecule has 1 aromatic carbocycles. The van der Waals surface area contributed by atoms with Crippen LogP contribution in [0.5, 0.6) is 0 Å². The monoisotopic (exact) mass is 460 g/mol. The lowest BCUT2D eigenvalue weighted by Gasteiger charge is -2.40. The number of anilines is 1. The van der Waals surface area contributed by atoms with Gasteiger partial charge in [-0.3, -0.25) is 14.5 Å². The minimum Gasteiger partial charge on any atom is -0.369 e. The van der Waals surface area contributed by atoms with Crippen LogP contribution in [-0.2, 0) is 9.59 Å². The van der Waals surface area contributed by atoms with Crippen LogP contribution in [0.4, 0.5) is 5.69 Å². The molecule has 7 heteroatoms. The Labute approximate surface area is 197 Å². The maximum atomic E-state index is 12.9. The van der Waals surface area contributed by atoms with E-state index in [0.29, 0.717) is 13.1 Å². The van der Waals surface area contributed by atoms with Crippen LogP contribution in [0.2, 0.25) is 5.02 Å². The predicted octanol–water partition coefficient (Wildman–Crippen LogP) is 3.40. The molecule has 32 heavy (non-hydrogen) atoms. The van der Waals surface area contributed by atoms with E-state index in [1.807, 2.05) is 43.9 Å². The fraction of sp³-hybridized carbons (Fsp3) is 0.680. The molecule has 1 N–H and O–H groups in total. The fourth-order valence-corrected chi connectivity index (χ4v) is 5.60. The van der Waals surface area contributed by atoms with Crippen LogP contribution in [0.15, 0.2) is 24.3 Å². The van der Waals surface area contributed by atoms with E-state index in [1.54, 1.807) is 0 Å². The zero-order valence-electron chi connectivity index (χ0n) is 19.7. The van der Waals surface area contributed by atoms with Crippen LogP contribution < -0.4 is 10.2 Å². The molecule has 0 bridgehead atoms. The summed E-state index contributed by atoms with van der Waals surface area (Å²) in [7, 11) is 0. The van der Waals surface area contributed by atoms with Gasteiger partial charge in [-0.15, -0.1) is 0 Å². The van der Waals surface area contributed by atoms with Crippen molar-refractivity contribution in [1.29, 1.82) is 0 Å². The zero-order chi connectivity index (χ0) is 22.9. The molecule has 2 amide bonds. The first-order valence-corrected chi connectivity index (χ1v) is 12.4. The summed E-state index contributed by atoms with van der Waals surface area (Å²) in [5.74, 6) is 0.398. The standard InChI is InChI=1S/C25H37ClN4O2/c1-24(2,3)23(32)30-11-8-25(9-12-30)18-20(27-22(25)31)7-10-28-13-15-29(16-14-28)21-6-4-5-19(26)17-21/h4-6,17,20H,7-16,18H2,1-3H3,(H,27,31)/t20-/m0/s1. The van der Waals surface area contributed by atoms with Gasteiger partial charge in [0.25, 0.3) is 0 Å². The summed E-state index contributed by atoms with van der Waals surface area (Å²) in [6.07, 6.45) is 3.48. The number of carbonyl (C=O) groups excluding carboxylic acids is 2. The third-order valence-electron chi connectivity index (χ3n) is 7.44. The SMILES string of the molecule is CC(C)(C)C(=O)N1CCC2(CC1)C[C@H](CCN1CCN(c3cccc(Cl)c3)CC1)NC2=O. The average molecular weight is 461 g/mol. The first-order chi connectivity index (χ1) is 15.2. The molecule has 0 aromatic heterocycles. The molecule has 1 spiro atoms. The predicted molar refractivity (Wildman–Crippen MR) is 129 cm³/mol. The van der Waals surface area contributed by atoms with E-state index in [2.05, 4.69) is 21.2 Å². The normalized spacial score (nSPS) is 24.1. The lowest BCUT2D eigenvalue weighted by molar-refractivity contribution is -0.144. The highest BCUT2D eigenvalue weighted by Gasteiger charge is 2.49. The first kappa shape index (κ1) is 23.4. The quantitative estimate of drug-likeness (QED) is 0.748. The topological polar surface area (TPSA) is 55.9 Å². The fourth-order valence-electron chi connectivity index (χ4n) is 5.41. The van der Waals surface area contributed by atoms with Crippen molar-refractivity contribution in [3.63, 3.8) is 0 Å². The number of hydrogen-bond donors (Lipinski definition) is 1. The highest BCUT2D eigenvalue weighted by atomic mass is 35.5. The van der Waals surface area contributed by atoms with Crippen molar-refractivity contribution in [3.05, 3.63) is 29.3 Å². The average Bonchev–Trinajstić information content (AvgIpc) is 3.07. The first-order valence-electron chi connectivity index (χ1n) is 12.0. The van der Waals surface area contributed by atoms with Gasteiger partial charge >= 0.3 is 0 Å². The van der Waals surface area contributed by atoms with E-state index >= 15 is 0 Å². The summed E-state index contributed by atoms with van der Waals surface area (Å²) < 4.78 is 0. The van der Waals surface area contributed by atoms with Gasteiger partial charge in [0, 0.05) is 68.0 Å². The number of nitrogens with one attached hydrogen (secondary N) is 1. The van der Waals surface area contributed by atoms with E-state index in [-0.39, 0.29) is 28.7 Å². The Morgan fingerprint density at radius 3 is 2.44 bits per heavy atom. The number of benzene rings is 1. The lowest BCUT2D eigenvalue weighted by Crippen LogP contribution is -2.49. The number of piperazine rings is 1. The van der Waals surface area contributed by atoms with E-state index in [4.69, 9.17) is 11.6 Å². The van der Waals surface area contributed by atoms with Crippen molar-refractivity contribution in [2.24, 2.45) is 10.8 Å². The van der Waals surface area contributed by atoms with Crippen LogP contribution in [0.25, 0.3) is 0 Å². The van der Waals surface area contributed by atoms with E-state index in [9.17, 15) is 9.59 Å². The minimum absolute atomic E-state index is 0.194. The molecule has 3 saturated heterocycles. The molecule has 4 rings (SSSR count). The minimum atomic E-state index is -0.359. The van der Waals surface area contributed by atoms with E-state index < -0.39 is 0 Å². The molecule has 0 unspecified atom stereocenters. The van der Waals surface area contributed by atoms with Crippen molar-refractivity contribution in [1.82, 2.24) is 15.1 Å². The second-order valence-electron chi connectivity index (χ2n) is 10.8. The number of piperidine rings is 1. The molecule has 3 fully saturated rings. The maximum Gasteiger partial charge on any atom is 0.227 e. The number of halogens is 1. The highest BCUT2D eigenvalue weighted by molar-refractivity contribution is 6.30. The molecule has 6 nitrogen and oxygen atoms in total. The molecule has 0 radical (unpaired) electrons. The van der Waals surface area contributed by atoms with Crippen LogP contribution in [0.1, 0.15) is 46.5 Å². The van der Waals surface area contributed by atoms with Crippen molar-refractivity contribution in [2.75, 3.05) is 50.7 Å². The van der Waals surface area contributed by atoms with Gasteiger partial charge < -0.3 is 15.1 Å². The third kappa shape index (κ3) is 5.07. The van der Waals surface area contributed by atoms with E-state index in [0.717, 1.165) is 63.4 Å². The van der Waals surface area contributed by atoms with Gasteiger partial charge in [0.2, 0.25) is 11.8 Å². The Hall–Kier alpha value is -1.79. The smallest absolute Gasteiger partial charge is 0.227 e. The molecule has 176 valence electrons. The summed E-state index contributed by atoms with van der Waals surface area (Å²) in [6.45, 7) is 12.4. The molecule has 1 aromatic rings. The van der Waals surface area contributed by atoms with Gasteiger partial charge in [-0.1, -0.05) is 38.4 Å². The molecule has 0 aliphatic carbocycles. The maximum absolute atomic E-state index is 12.9. The molecule has 0 saturated carbocycles. The second kappa shape index (κ2) is 9.22. The number of amides is 2. The summed E-state index contributed by atoms with van der Waals surface area (Å²) in [6, 6.07) is 8.32. The molecular weight excluding hydrogens is 424 g/mol. The number of likely N-dealkylation sites (tertiary alicyclic amines) is 1. The van der Waals surface area contributed by atoms with Crippen LogP contribution in [0.3, 0.4) is 0 Å². The molecule has 3 aliphatic heterocycles. The largest absolute Gasteiger partial charge is 0.369 e. The summed E-state index contributed by atoms with van der Waals surface area (Å²) in [5, 5.41) is 4.06. The van der Waals surface area contributed by atoms with Crippen molar-refractivity contribution in [3.8, 4) is 0 Å². The summed E-state index contributed by atoms with van der Waals surface area (Å²) in [5.41, 5.74) is 0.560. The van der Waals surface area contributed by atoms with Crippen molar-refractivity contribution in [2.45, 2.75) is 52.5 Å². The Kier molecular flexibility index (Phi) is 6.73. The number of nitrogens with zero attached hydrogens (tertiary/aromatic N) is 3. The van der Waals surface area contributed by atoms with Crippen LogP contribution in [-0.4, -0.2) is 73.5 Å². The zero-order valence-corrected chi connectivity index (χ0v) is 20.5. The Morgan fingerprint density at radius 1 is 1.12 bits per heavy atom. The van der Waals surface area contributed by atoms with E-state index in [1.165, 1.54) is 5.69 Å². The molecule has 3 aliphatic rings. The third-order valence-corrected chi connectivity index (χ3v) is 7.68. The van der Waals surface area contributed by atoms with Crippen molar-refractivity contribution >= 4 is 29.1 Å². The van der Waals surface area contributed by atoms with Crippen molar-refractivity contribution < 1.29 is 9.59 Å². The Bertz CT molecular complexity index is 837. The van der Waals surface area contributed by atoms with Gasteiger partial charge in [-0.05, 0) is 43.9 Å². The number of hydrogen-bond acceptors (Lipinski definition) is 4. The van der Waals surface area contributed by atoms with Gasteiger partial charge in [-0.25, -0.2) is 0 Å². The number of carbonyl (C=O) groups is 2. The lowest BCUT2D eigenvalue weighted by atomic mass is 9.75. The molecule has 1 atom stereocenters. The highest BCUT2D eigenvalue weighted by Crippen LogP contribution is 2.41. The summed E-state index contributed by atoms with van der Waals surface area (Å²) >= 11 is 6.14. The van der Waals surface area contributed by atoms with Gasteiger partial charge in [0.05, 0.1) is 5.41 Å². The van der Waals surface area contributed by atoms with Gasteiger partial charge in [0.15, 0.2) is 0 Å². The number of rotatable bonds is 4. The van der Waals surface area contributed by atoms with Gasteiger partial charge in [0.1, 0.15) is 0 Å². The van der Waals surface area contributed by atoms with Crippen LogP contribution >= 0.6 is 11.6 Å². The Balaban J connectivity index is 1.23. The molecule has 3 heterocycles. The van der Waals surface area contributed by atoms with Crippen LogP contribution in [0, 0.1) is 10.8 Å². The van der Waals surface area contributed by atoms with Gasteiger partial charge in [-0.2, -0.15) is 0 Å². The molecular formula is C25H37ClN4O2. The Morgan fingerprint density at radius 2 is 1.81 bits per heavy atom.